The fourth-order valence-corrected chi connectivity index (χ4v) is 5.38. The Hall–Kier alpha value is -5.00. The van der Waals surface area contributed by atoms with Crippen molar-refractivity contribution in [3.8, 4) is 11.1 Å². The highest BCUT2D eigenvalue weighted by Gasteiger charge is 2.25. The normalized spacial score (nSPS) is 13.2. The van der Waals surface area contributed by atoms with Gasteiger partial charge in [-0.05, 0) is 58.7 Å². The van der Waals surface area contributed by atoms with Gasteiger partial charge in [0.15, 0.2) is 0 Å². The molecule has 0 spiro atoms. The molecule has 6 rings (SSSR count). The third-order valence-corrected chi connectivity index (χ3v) is 7.46. The first kappa shape index (κ1) is 26.2. The van der Waals surface area contributed by atoms with Crippen molar-refractivity contribution in [2.24, 2.45) is 0 Å². The smallest absolute Gasteiger partial charge is 0.258 e. The Morgan fingerprint density at radius 1 is 0.659 bits per heavy atom. The number of hydrogen-bond donors (Lipinski definition) is 1. The lowest BCUT2D eigenvalue weighted by atomic mass is 9.99. The molecule has 5 nitrogen and oxygen atoms in total. The molecule has 0 aliphatic carbocycles. The lowest BCUT2D eigenvalue weighted by Crippen LogP contribution is -2.35. The summed E-state index contributed by atoms with van der Waals surface area (Å²) in [5, 5.41) is 3.00. The molecule has 0 atom stereocenters. The van der Waals surface area contributed by atoms with E-state index >= 15 is 0 Å². The molecule has 0 bridgehead atoms. The van der Waals surface area contributed by atoms with Gasteiger partial charge >= 0.3 is 0 Å². The largest absolute Gasteiger partial charge is 0.322 e. The van der Waals surface area contributed by atoms with Crippen molar-refractivity contribution in [1.29, 1.82) is 0 Å². The number of hydrogen-bond acceptors (Lipinski definition) is 3. The highest BCUT2D eigenvalue weighted by atomic mass is 16.2. The highest BCUT2D eigenvalue weighted by Crippen LogP contribution is 2.28. The van der Waals surface area contributed by atoms with Gasteiger partial charge in [0.2, 0.25) is 0 Å². The Kier molecular flexibility index (Phi) is 7.70. The molecule has 0 radical (unpaired) electrons. The van der Waals surface area contributed by atoms with Crippen LogP contribution in [0.4, 0.5) is 11.4 Å². The third-order valence-electron chi connectivity index (χ3n) is 7.46. The zero-order valence-electron chi connectivity index (χ0n) is 22.7. The minimum absolute atomic E-state index is 0.0497. The molecule has 1 N–H and O–H groups in total. The summed E-state index contributed by atoms with van der Waals surface area (Å²) < 4.78 is 0. The molecular formula is C36H31N3O2. The molecule has 1 heterocycles. The van der Waals surface area contributed by atoms with Gasteiger partial charge in [-0.2, -0.15) is 0 Å². The summed E-state index contributed by atoms with van der Waals surface area (Å²) >= 11 is 0. The molecule has 5 heteroatoms. The topological polar surface area (TPSA) is 52.7 Å². The number of benzene rings is 5. The Bertz CT molecular complexity index is 1650. The zero-order valence-corrected chi connectivity index (χ0v) is 22.7. The summed E-state index contributed by atoms with van der Waals surface area (Å²) in [6.07, 6.45) is 0. The van der Waals surface area contributed by atoms with Crippen LogP contribution in [0.2, 0.25) is 0 Å². The van der Waals surface area contributed by atoms with Gasteiger partial charge in [0, 0.05) is 48.7 Å². The van der Waals surface area contributed by atoms with E-state index in [4.69, 9.17) is 0 Å². The van der Waals surface area contributed by atoms with Crippen LogP contribution in [-0.2, 0) is 13.1 Å². The number of carbonyl (C=O) groups is 2. The SMILES string of the molecule is O=C(Nc1ccc(C(=O)N2CCN(Cc3ccccc3)Cc3ccccc32)cc1)c1ccccc1-c1ccccc1. The van der Waals surface area contributed by atoms with Gasteiger partial charge in [0.1, 0.15) is 0 Å². The van der Waals surface area contributed by atoms with Crippen LogP contribution in [0.5, 0.6) is 0 Å². The Morgan fingerprint density at radius 2 is 1.32 bits per heavy atom. The standard InChI is InChI=1S/C36H31N3O2/c40-35(33-17-9-8-16-32(33)28-13-5-2-6-14-28)37-31-21-19-29(20-22-31)36(41)39-24-23-38(25-27-11-3-1-4-12-27)26-30-15-7-10-18-34(30)39/h1-22H,23-26H2,(H,37,40). The summed E-state index contributed by atoms with van der Waals surface area (Å²) in [4.78, 5) is 31.2. The number of para-hydroxylation sites is 1. The van der Waals surface area contributed by atoms with Crippen LogP contribution in [0, 0.1) is 0 Å². The first-order valence-corrected chi connectivity index (χ1v) is 13.9. The van der Waals surface area contributed by atoms with E-state index in [0.29, 0.717) is 23.4 Å². The van der Waals surface area contributed by atoms with Crippen LogP contribution in [0.1, 0.15) is 31.8 Å². The molecule has 41 heavy (non-hydrogen) atoms. The minimum atomic E-state index is -0.191. The van der Waals surface area contributed by atoms with E-state index in [0.717, 1.165) is 42.0 Å². The van der Waals surface area contributed by atoms with Crippen LogP contribution in [-0.4, -0.2) is 29.8 Å². The van der Waals surface area contributed by atoms with E-state index in [1.807, 2.05) is 83.8 Å². The number of carbonyl (C=O) groups excluding carboxylic acids is 2. The Balaban J connectivity index is 1.18. The van der Waals surface area contributed by atoms with Crippen LogP contribution >= 0.6 is 0 Å². The summed E-state index contributed by atoms with van der Waals surface area (Å²) in [6, 6.07) is 43.2. The quantitative estimate of drug-likeness (QED) is 0.248. The van der Waals surface area contributed by atoms with E-state index in [-0.39, 0.29) is 11.8 Å². The predicted molar refractivity (Wildman–Crippen MR) is 165 cm³/mol. The molecule has 0 saturated carbocycles. The van der Waals surface area contributed by atoms with Gasteiger partial charge in [-0.25, -0.2) is 0 Å². The second kappa shape index (κ2) is 12.0. The Labute approximate surface area is 240 Å². The van der Waals surface area contributed by atoms with Crippen molar-refractivity contribution in [3.63, 3.8) is 0 Å². The van der Waals surface area contributed by atoms with Gasteiger partial charge in [0.25, 0.3) is 11.8 Å². The summed E-state index contributed by atoms with van der Waals surface area (Å²) in [5.41, 5.74) is 7.02. The average Bonchev–Trinajstić information content (AvgIpc) is 3.21. The number of anilines is 2. The van der Waals surface area contributed by atoms with Gasteiger partial charge in [-0.3, -0.25) is 14.5 Å². The van der Waals surface area contributed by atoms with Crippen molar-refractivity contribution < 1.29 is 9.59 Å². The lowest BCUT2D eigenvalue weighted by Gasteiger charge is -2.23. The number of fused-ring (bicyclic) bond motifs is 1. The molecule has 202 valence electrons. The van der Waals surface area contributed by atoms with Crippen LogP contribution in [0.25, 0.3) is 11.1 Å². The van der Waals surface area contributed by atoms with Crippen molar-refractivity contribution in [3.05, 3.63) is 156 Å². The minimum Gasteiger partial charge on any atom is -0.322 e. The van der Waals surface area contributed by atoms with Gasteiger partial charge in [-0.1, -0.05) is 97.1 Å². The first-order valence-electron chi connectivity index (χ1n) is 13.9. The molecule has 0 saturated heterocycles. The average molecular weight is 538 g/mol. The van der Waals surface area contributed by atoms with E-state index < -0.39 is 0 Å². The zero-order chi connectivity index (χ0) is 28.0. The summed E-state index contributed by atoms with van der Waals surface area (Å²) in [6.45, 7) is 2.98. The predicted octanol–water partition coefficient (Wildman–Crippen LogP) is 7.27. The fraction of sp³-hybridized carbons (Fsp3) is 0.111. The molecule has 1 aliphatic heterocycles. The molecule has 1 aliphatic rings. The maximum atomic E-state index is 13.8. The second-order valence-electron chi connectivity index (χ2n) is 10.2. The van der Waals surface area contributed by atoms with Gasteiger partial charge < -0.3 is 10.2 Å². The number of rotatable bonds is 6. The summed E-state index contributed by atoms with van der Waals surface area (Å²) in [5.74, 6) is -0.241. The first-order chi connectivity index (χ1) is 20.2. The van der Waals surface area contributed by atoms with Crippen LogP contribution in [0.3, 0.4) is 0 Å². The molecular weight excluding hydrogens is 506 g/mol. The molecule has 0 aromatic heterocycles. The monoisotopic (exact) mass is 537 g/mol. The van der Waals surface area contributed by atoms with E-state index in [1.54, 1.807) is 24.3 Å². The maximum Gasteiger partial charge on any atom is 0.258 e. The molecule has 0 unspecified atom stereocenters. The third kappa shape index (κ3) is 5.96. The second-order valence-corrected chi connectivity index (χ2v) is 10.2. The van der Waals surface area contributed by atoms with Crippen LogP contribution < -0.4 is 10.2 Å². The maximum absolute atomic E-state index is 13.8. The van der Waals surface area contributed by atoms with Crippen molar-refractivity contribution in [2.75, 3.05) is 23.3 Å². The molecule has 5 aromatic carbocycles. The van der Waals surface area contributed by atoms with E-state index in [2.05, 4.69) is 40.5 Å². The molecule has 0 fully saturated rings. The van der Waals surface area contributed by atoms with Crippen molar-refractivity contribution >= 4 is 23.2 Å². The van der Waals surface area contributed by atoms with Crippen molar-refractivity contribution in [2.45, 2.75) is 13.1 Å². The van der Waals surface area contributed by atoms with Gasteiger partial charge in [0.05, 0.1) is 0 Å². The molecule has 5 aromatic rings. The number of nitrogens with zero attached hydrogens (tertiary/aromatic N) is 2. The summed E-state index contributed by atoms with van der Waals surface area (Å²) in [7, 11) is 0. The lowest BCUT2D eigenvalue weighted by molar-refractivity contribution is 0.0983. The van der Waals surface area contributed by atoms with Crippen molar-refractivity contribution in [1.82, 2.24) is 4.90 Å². The van der Waals surface area contributed by atoms with Crippen LogP contribution in [0.15, 0.2) is 133 Å². The fourth-order valence-electron chi connectivity index (χ4n) is 5.38. The number of amides is 2. The van der Waals surface area contributed by atoms with E-state index in [9.17, 15) is 9.59 Å². The molecule has 2 amide bonds. The Morgan fingerprint density at radius 3 is 2.10 bits per heavy atom. The van der Waals surface area contributed by atoms with Gasteiger partial charge in [-0.15, -0.1) is 0 Å². The number of nitrogens with one attached hydrogen (secondary N) is 1. The highest BCUT2D eigenvalue weighted by molar-refractivity contribution is 6.09. The van der Waals surface area contributed by atoms with E-state index in [1.165, 1.54) is 5.56 Å².